The van der Waals surface area contributed by atoms with Crippen LogP contribution in [0.25, 0.3) is 0 Å². The number of nitrogens with zero attached hydrogens (tertiary/aromatic N) is 4. The summed E-state index contributed by atoms with van der Waals surface area (Å²) in [5.74, 6) is 3.03. The fourth-order valence-corrected chi connectivity index (χ4v) is 5.43. The van der Waals surface area contributed by atoms with Crippen LogP contribution in [-0.4, -0.2) is 53.5 Å². The van der Waals surface area contributed by atoms with Crippen LogP contribution in [0.15, 0.2) is 28.7 Å². The molecule has 144 valence electrons. The third kappa shape index (κ3) is 3.91. The Morgan fingerprint density at radius 3 is 2.52 bits per heavy atom. The van der Waals surface area contributed by atoms with Gasteiger partial charge in [-0.05, 0) is 26.0 Å². The van der Waals surface area contributed by atoms with Crippen LogP contribution >= 0.6 is 11.3 Å². The molecule has 0 bridgehead atoms. The number of nitrogen functional groups attached to an aromatic ring is 1. The molecule has 1 aliphatic heterocycles. The van der Waals surface area contributed by atoms with Crippen molar-refractivity contribution in [1.29, 1.82) is 0 Å². The molecule has 0 spiro atoms. The Balaban J connectivity index is 1.80. The minimum atomic E-state index is -3.64. The van der Waals surface area contributed by atoms with Crippen LogP contribution in [-0.2, 0) is 15.6 Å². The van der Waals surface area contributed by atoms with Crippen LogP contribution < -0.4 is 10.6 Å². The Bertz CT molecular complexity index is 958. The van der Waals surface area contributed by atoms with Crippen LogP contribution in [0.2, 0.25) is 0 Å². The molecule has 8 nitrogen and oxygen atoms in total. The first-order valence-electron chi connectivity index (χ1n) is 8.26. The highest BCUT2D eigenvalue weighted by atomic mass is 32.2. The van der Waals surface area contributed by atoms with Crippen molar-refractivity contribution >= 4 is 32.3 Å². The SMILES string of the molecule is C#C[C@H]1CN(S(=O)(=O)c2ccc(N)s2)CCN1c1ncc(C(C)(C)O)cn1. The van der Waals surface area contributed by atoms with Crippen molar-refractivity contribution in [2.24, 2.45) is 0 Å². The molecule has 0 amide bonds. The zero-order valence-corrected chi connectivity index (χ0v) is 16.7. The van der Waals surface area contributed by atoms with Gasteiger partial charge >= 0.3 is 0 Å². The topological polar surface area (TPSA) is 113 Å². The standard InChI is InChI=1S/C17H21N5O3S2/c1-4-13-11-21(27(24,25)15-6-5-14(18)26-15)7-8-22(13)16-19-9-12(10-20-16)17(2,3)23/h1,5-6,9-10,13,23H,7-8,11,18H2,2-3H3/t13-/m0/s1. The van der Waals surface area contributed by atoms with E-state index in [0.29, 0.717) is 23.1 Å². The molecule has 2 aromatic heterocycles. The van der Waals surface area contributed by atoms with Crippen molar-refractivity contribution in [3.8, 4) is 12.3 Å². The number of terminal acetylenes is 1. The minimum Gasteiger partial charge on any atom is -0.391 e. The van der Waals surface area contributed by atoms with E-state index >= 15 is 0 Å². The molecular formula is C17H21N5O3S2. The van der Waals surface area contributed by atoms with Gasteiger partial charge in [-0.25, -0.2) is 18.4 Å². The first kappa shape index (κ1) is 19.6. The summed E-state index contributed by atoms with van der Waals surface area (Å²) in [4.78, 5) is 10.4. The van der Waals surface area contributed by atoms with E-state index in [1.165, 1.54) is 10.4 Å². The van der Waals surface area contributed by atoms with E-state index in [2.05, 4.69) is 15.9 Å². The van der Waals surface area contributed by atoms with E-state index in [1.54, 1.807) is 37.2 Å². The van der Waals surface area contributed by atoms with Crippen LogP contribution in [0.5, 0.6) is 0 Å². The first-order valence-corrected chi connectivity index (χ1v) is 10.5. The molecule has 10 heteroatoms. The van der Waals surface area contributed by atoms with Gasteiger partial charge in [0.05, 0.1) is 10.6 Å². The number of hydrogen-bond acceptors (Lipinski definition) is 8. The summed E-state index contributed by atoms with van der Waals surface area (Å²) in [5, 5.41) is 10.5. The van der Waals surface area contributed by atoms with Gasteiger partial charge in [0.15, 0.2) is 0 Å². The summed E-state index contributed by atoms with van der Waals surface area (Å²) in [5.41, 5.74) is 5.20. The first-order chi connectivity index (χ1) is 12.6. The lowest BCUT2D eigenvalue weighted by Gasteiger charge is -2.38. The monoisotopic (exact) mass is 407 g/mol. The number of anilines is 2. The molecule has 2 aromatic rings. The molecule has 1 fully saturated rings. The highest BCUT2D eigenvalue weighted by molar-refractivity contribution is 7.91. The number of thiophene rings is 1. The van der Waals surface area contributed by atoms with E-state index in [9.17, 15) is 13.5 Å². The Labute approximate surface area is 162 Å². The second-order valence-corrected chi connectivity index (χ2v) is 10.0. The molecule has 0 radical (unpaired) electrons. The van der Waals surface area contributed by atoms with Gasteiger partial charge in [-0.1, -0.05) is 5.92 Å². The molecule has 3 heterocycles. The Kier molecular flexibility index (Phi) is 5.14. The van der Waals surface area contributed by atoms with Crippen molar-refractivity contribution in [1.82, 2.24) is 14.3 Å². The molecule has 3 N–H and O–H groups in total. The van der Waals surface area contributed by atoms with Gasteiger partial charge in [0.25, 0.3) is 10.0 Å². The number of rotatable bonds is 4. The number of nitrogens with two attached hydrogens (primary N) is 1. The Hall–Kier alpha value is -2.19. The molecular weight excluding hydrogens is 386 g/mol. The zero-order valence-electron chi connectivity index (χ0n) is 15.0. The van der Waals surface area contributed by atoms with Crippen molar-refractivity contribution < 1.29 is 13.5 Å². The third-order valence-electron chi connectivity index (χ3n) is 4.33. The van der Waals surface area contributed by atoms with Crippen LogP contribution in [0.3, 0.4) is 0 Å². The molecule has 1 saturated heterocycles. The van der Waals surface area contributed by atoms with Crippen molar-refractivity contribution in [2.45, 2.75) is 29.7 Å². The van der Waals surface area contributed by atoms with Gasteiger partial charge < -0.3 is 15.7 Å². The second kappa shape index (κ2) is 7.09. The van der Waals surface area contributed by atoms with Crippen LogP contribution in [0.1, 0.15) is 19.4 Å². The van der Waals surface area contributed by atoms with Crippen molar-refractivity contribution in [3.05, 3.63) is 30.1 Å². The number of sulfonamides is 1. The summed E-state index contributed by atoms with van der Waals surface area (Å²) >= 11 is 1.03. The number of aromatic nitrogens is 2. The quantitative estimate of drug-likeness (QED) is 0.723. The number of aliphatic hydroxyl groups is 1. The van der Waals surface area contributed by atoms with Gasteiger partial charge in [-0.15, -0.1) is 17.8 Å². The number of piperazine rings is 1. The minimum absolute atomic E-state index is 0.132. The van der Waals surface area contributed by atoms with Crippen LogP contribution in [0.4, 0.5) is 10.9 Å². The van der Waals surface area contributed by atoms with Gasteiger partial charge in [0, 0.05) is 37.6 Å². The molecule has 1 atom stereocenters. The predicted molar refractivity (Wildman–Crippen MR) is 105 cm³/mol. The Morgan fingerprint density at radius 1 is 1.33 bits per heavy atom. The largest absolute Gasteiger partial charge is 0.391 e. The van der Waals surface area contributed by atoms with Crippen molar-refractivity contribution in [2.75, 3.05) is 30.3 Å². The maximum absolute atomic E-state index is 12.8. The third-order valence-corrected chi connectivity index (χ3v) is 7.58. The van der Waals surface area contributed by atoms with E-state index < -0.39 is 21.7 Å². The smallest absolute Gasteiger partial charge is 0.252 e. The fraction of sp³-hybridized carbons (Fsp3) is 0.412. The highest BCUT2D eigenvalue weighted by Crippen LogP contribution is 2.28. The van der Waals surface area contributed by atoms with E-state index in [0.717, 1.165) is 11.3 Å². The van der Waals surface area contributed by atoms with E-state index in [1.807, 2.05) is 0 Å². The second-order valence-electron chi connectivity index (χ2n) is 6.73. The summed E-state index contributed by atoms with van der Waals surface area (Å²) in [6.07, 6.45) is 8.75. The average Bonchev–Trinajstić information content (AvgIpc) is 3.08. The summed E-state index contributed by atoms with van der Waals surface area (Å²) in [7, 11) is -3.64. The molecule has 0 saturated carbocycles. The molecule has 27 heavy (non-hydrogen) atoms. The van der Waals surface area contributed by atoms with Crippen LogP contribution in [0, 0.1) is 12.3 Å². The van der Waals surface area contributed by atoms with Gasteiger partial charge in [-0.2, -0.15) is 4.31 Å². The lowest BCUT2D eigenvalue weighted by Crippen LogP contribution is -2.54. The lowest BCUT2D eigenvalue weighted by atomic mass is 10.0. The fourth-order valence-electron chi connectivity index (χ4n) is 2.74. The maximum Gasteiger partial charge on any atom is 0.252 e. The maximum atomic E-state index is 12.8. The summed E-state index contributed by atoms with van der Waals surface area (Å²) in [6.45, 7) is 4.05. The lowest BCUT2D eigenvalue weighted by molar-refractivity contribution is 0.0778. The van der Waals surface area contributed by atoms with Gasteiger partial charge in [0.2, 0.25) is 5.95 Å². The average molecular weight is 408 g/mol. The van der Waals surface area contributed by atoms with E-state index in [-0.39, 0.29) is 17.3 Å². The molecule has 1 aliphatic rings. The van der Waals surface area contributed by atoms with Crippen molar-refractivity contribution in [3.63, 3.8) is 0 Å². The molecule has 3 rings (SSSR count). The van der Waals surface area contributed by atoms with E-state index in [4.69, 9.17) is 12.2 Å². The Morgan fingerprint density at radius 2 is 2.00 bits per heavy atom. The molecule has 0 aromatic carbocycles. The highest BCUT2D eigenvalue weighted by Gasteiger charge is 2.35. The normalized spacial score (nSPS) is 19.0. The summed E-state index contributed by atoms with van der Waals surface area (Å²) in [6, 6.07) is 2.58. The molecule has 0 aliphatic carbocycles. The summed E-state index contributed by atoms with van der Waals surface area (Å²) < 4.78 is 27.2. The zero-order chi connectivity index (χ0) is 19.8. The number of hydrogen-bond donors (Lipinski definition) is 2. The predicted octanol–water partition coefficient (Wildman–Crippen LogP) is 0.860. The van der Waals surface area contributed by atoms with Gasteiger partial charge in [-0.3, -0.25) is 0 Å². The van der Waals surface area contributed by atoms with Gasteiger partial charge in [0.1, 0.15) is 10.3 Å². The molecule has 0 unspecified atom stereocenters.